The minimum atomic E-state index is -0.537. The molecule has 0 aromatic heterocycles. The topological polar surface area (TPSA) is 47.9 Å². The van der Waals surface area contributed by atoms with E-state index in [1.807, 2.05) is 31.2 Å². The molecular formula is C29H37NO3. The van der Waals surface area contributed by atoms with Gasteiger partial charge >= 0.3 is 5.97 Å². The van der Waals surface area contributed by atoms with Gasteiger partial charge in [0.05, 0.1) is 18.2 Å². The average Bonchev–Trinajstić information content (AvgIpc) is 2.81. The van der Waals surface area contributed by atoms with E-state index in [9.17, 15) is 4.79 Å². The zero-order chi connectivity index (χ0) is 23.8. The first-order valence-corrected chi connectivity index (χ1v) is 12.2. The number of hydrogen-bond acceptors (Lipinski definition) is 4. The molecule has 2 aromatic rings. The summed E-state index contributed by atoms with van der Waals surface area (Å²) in [6.07, 6.45) is 5.02. The molecule has 4 heteroatoms. The fraction of sp³-hybridized carbons (Fsp3) is 0.517. The van der Waals surface area contributed by atoms with Crippen LogP contribution < -0.4 is 4.74 Å². The summed E-state index contributed by atoms with van der Waals surface area (Å²) in [7, 11) is 1.64. The molecule has 1 saturated carbocycles. The third kappa shape index (κ3) is 4.20. The minimum absolute atomic E-state index is 0.0101. The fourth-order valence-corrected chi connectivity index (χ4v) is 6.21. The van der Waals surface area contributed by atoms with Gasteiger partial charge < -0.3 is 9.57 Å². The van der Waals surface area contributed by atoms with E-state index in [0.717, 1.165) is 43.4 Å². The van der Waals surface area contributed by atoms with Gasteiger partial charge in [0.25, 0.3) is 0 Å². The molecule has 2 aromatic carbocycles. The first kappa shape index (κ1) is 23.5. The van der Waals surface area contributed by atoms with Crippen LogP contribution in [0.4, 0.5) is 0 Å². The SMILES string of the molecule is COc1ccc(/C(C)=N/OC(=O)[C@@]2(C)CCC[C@@]3(C)c4ccc(C(C)C)cc4CC[C@@H]32)cc1. The summed E-state index contributed by atoms with van der Waals surface area (Å²) in [4.78, 5) is 19.1. The third-order valence-corrected chi connectivity index (χ3v) is 8.28. The standard InChI is InChI=1S/C29H37NO3/c1-19(2)22-10-14-25-23(18-22)11-15-26-28(25,4)16-7-17-29(26,5)27(31)33-30-20(3)21-8-12-24(32-6)13-9-21/h8-10,12-14,18-19,26H,7,11,15-17H2,1-6H3/b30-20+/t26-,28-,29-/m0/s1. The Kier molecular flexibility index (Phi) is 6.39. The summed E-state index contributed by atoms with van der Waals surface area (Å²) in [6.45, 7) is 10.8. The molecule has 2 aliphatic rings. The van der Waals surface area contributed by atoms with Crippen molar-refractivity contribution < 1.29 is 14.4 Å². The molecular weight excluding hydrogens is 410 g/mol. The molecule has 1 fully saturated rings. The van der Waals surface area contributed by atoms with Crippen molar-refractivity contribution in [2.24, 2.45) is 16.5 Å². The predicted molar refractivity (Wildman–Crippen MR) is 133 cm³/mol. The van der Waals surface area contributed by atoms with Crippen LogP contribution in [0.2, 0.25) is 0 Å². The van der Waals surface area contributed by atoms with Crippen molar-refractivity contribution in [1.29, 1.82) is 0 Å². The van der Waals surface area contributed by atoms with Gasteiger partial charge in [-0.15, -0.1) is 0 Å². The maximum absolute atomic E-state index is 13.5. The number of oxime groups is 1. The van der Waals surface area contributed by atoms with E-state index in [2.05, 4.69) is 51.0 Å². The monoisotopic (exact) mass is 447 g/mol. The molecule has 0 spiro atoms. The highest BCUT2D eigenvalue weighted by atomic mass is 16.7. The van der Waals surface area contributed by atoms with Gasteiger partial charge in [-0.2, -0.15) is 0 Å². The zero-order valence-electron chi connectivity index (χ0n) is 20.9. The van der Waals surface area contributed by atoms with Crippen LogP contribution in [0.25, 0.3) is 0 Å². The number of benzene rings is 2. The molecule has 2 aliphatic carbocycles. The van der Waals surface area contributed by atoms with Crippen molar-refractivity contribution in [3.63, 3.8) is 0 Å². The van der Waals surface area contributed by atoms with Gasteiger partial charge in [0.15, 0.2) is 0 Å². The Balaban J connectivity index is 1.57. The van der Waals surface area contributed by atoms with Crippen LogP contribution in [0, 0.1) is 11.3 Å². The van der Waals surface area contributed by atoms with E-state index >= 15 is 0 Å². The van der Waals surface area contributed by atoms with Crippen molar-refractivity contribution in [2.75, 3.05) is 7.11 Å². The lowest BCUT2D eigenvalue weighted by Crippen LogP contribution is -2.52. The Morgan fingerprint density at radius 1 is 1.09 bits per heavy atom. The summed E-state index contributed by atoms with van der Waals surface area (Å²) in [5.41, 5.74) is 5.34. The van der Waals surface area contributed by atoms with Gasteiger partial charge in [0.2, 0.25) is 0 Å². The molecule has 3 atom stereocenters. The predicted octanol–water partition coefficient (Wildman–Crippen LogP) is 6.80. The number of carbonyl (C=O) groups is 1. The Morgan fingerprint density at radius 2 is 1.82 bits per heavy atom. The van der Waals surface area contributed by atoms with Crippen molar-refractivity contribution in [2.45, 2.75) is 78.1 Å². The van der Waals surface area contributed by atoms with Crippen LogP contribution in [-0.4, -0.2) is 18.8 Å². The van der Waals surface area contributed by atoms with Crippen LogP contribution >= 0.6 is 0 Å². The molecule has 0 amide bonds. The highest BCUT2D eigenvalue weighted by molar-refractivity contribution is 5.98. The number of nitrogens with zero attached hydrogens (tertiary/aromatic N) is 1. The van der Waals surface area contributed by atoms with Gasteiger partial charge in [0, 0.05) is 0 Å². The average molecular weight is 448 g/mol. The van der Waals surface area contributed by atoms with Crippen molar-refractivity contribution >= 4 is 11.7 Å². The van der Waals surface area contributed by atoms with Crippen LogP contribution in [0.1, 0.15) is 88.5 Å². The second kappa shape index (κ2) is 8.96. The van der Waals surface area contributed by atoms with Gasteiger partial charge in [-0.05, 0) is 103 Å². The smallest absolute Gasteiger partial charge is 0.341 e. The van der Waals surface area contributed by atoms with E-state index in [1.165, 1.54) is 16.7 Å². The van der Waals surface area contributed by atoms with Crippen molar-refractivity contribution in [3.8, 4) is 5.75 Å². The summed E-state index contributed by atoms with van der Waals surface area (Å²) in [5, 5.41) is 4.23. The minimum Gasteiger partial charge on any atom is -0.497 e. The van der Waals surface area contributed by atoms with E-state index in [0.29, 0.717) is 11.6 Å². The van der Waals surface area contributed by atoms with Crippen LogP contribution in [0.15, 0.2) is 47.6 Å². The summed E-state index contributed by atoms with van der Waals surface area (Å²) < 4.78 is 5.22. The quantitative estimate of drug-likeness (QED) is 0.288. The van der Waals surface area contributed by atoms with E-state index < -0.39 is 5.41 Å². The highest BCUT2D eigenvalue weighted by Crippen LogP contribution is 2.57. The molecule has 0 aliphatic heterocycles. The lowest BCUT2D eigenvalue weighted by atomic mass is 9.50. The van der Waals surface area contributed by atoms with Crippen LogP contribution in [-0.2, 0) is 21.5 Å². The molecule has 0 saturated heterocycles. The number of methoxy groups -OCH3 is 1. The first-order valence-electron chi connectivity index (χ1n) is 12.2. The largest absolute Gasteiger partial charge is 0.497 e. The maximum Gasteiger partial charge on any atom is 0.341 e. The lowest BCUT2D eigenvalue weighted by molar-refractivity contribution is -0.164. The molecule has 4 rings (SSSR count). The summed E-state index contributed by atoms with van der Waals surface area (Å²) in [6, 6.07) is 14.6. The van der Waals surface area contributed by atoms with Crippen LogP contribution in [0.3, 0.4) is 0 Å². The molecule has 0 radical (unpaired) electrons. The number of hydrogen-bond donors (Lipinski definition) is 0. The number of carbonyl (C=O) groups excluding carboxylic acids is 1. The van der Waals surface area contributed by atoms with E-state index in [1.54, 1.807) is 7.11 Å². The molecule has 33 heavy (non-hydrogen) atoms. The Hall–Kier alpha value is -2.62. The molecule has 4 nitrogen and oxygen atoms in total. The summed E-state index contributed by atoms with van der Waals surface area (Å²) >= 11 is 0. The number of fused-ring (bicyclic) bond motifs is 3. The lowest BCUT2D eigenvalue weighted by Gasteiger charge is -2.53. The molecule has 0 unspecified atom stereocenters. The molecule has 0 N–H and O–H groups in total. The number of aryl methyl sites for hydroxylation is 1. The number of rotatable bonds is 5. The van der Waals surface area contributed by atoms with Gasteiger partial charge in [0.1, 0.15) is 5.75 Å². The fourth-order valence-electron chi connectivity index (χ4n) is 6.21. The summed E-state index contributed by atoms with van der Waals surface area (Å²) in [5.74, 6) is 1.36. The van der Waals surface area contributed by atoms with Crippen molar-refractivity contribution in [1.82, 2.24) is 0 Å². The van der Waals surface area contributed by atoms with E-state index in [4.69, 9.17) is 9.57 Å². The Morgan fingerprint density at radius 3 is 2.48 bits per heavy atom. The third-order valence-electron chi connectivity index (χ3n) is 8.28. The van der Waals surface area contributed by atoms with Gasteiger partial charge in [-0.3, -0.25) is 0 Å². The second-order valence-corrected chi connectivity index (χ2v) is 10.6. The number of ether oxygens (including phenoxy) is 1. The van der Waals surface area contributed by atoms with E-state index in [-0.39, 0.29) is 17.3 Å². The van der Waals surface area contributed by atoms with Gasteiger partial charge in [-0.25, -0.2) is 4.79 Å². The zero-order valence-corrected chi connectivity index (χ0v) is 20.9. The molecule has 176 valence electrons. The first-order chi connectivity index (χ1) is 15.7. The highest BCUT2D eigenvalue weighted by Gasteiger charge is 2.56. The molecule has 0 bridgehead atoms. The Labute approximate surface area is 198 Å². The van der Waals surface area contributed by atoms with Crippen LogP contribution in [0.5, 0.6) is 5.75 Å². The normalized spacial score (nSPS) is 27.0. The second-order valence-electron chi connectivity index (χ2n) is 10.6. The van der Waals surface area contributed by atoms with Gasteiger partial charge in [-0.1, -0.05) is 50.5 Å². The molecule has 0 heterocycles. The van der Waals surface area contributed by atoms with Crippen molar-refractivity contribution in [3.05, 3.63) is 64.7 Å². The maximum atomic E-state index is 13.5. The Bertz CT molecular complexity index is 1060.